The maximum atomic E-state index is 12.7. The molecule has 1 aliphatic carbocycles. The minimum absolute atomic E-state index is 0.0692. The van der Waals surface area contributed by atoms with Gasteiger partial charge in [-0.2, -0.15) is 13.2 Å². The normalized spacial score (nSPS) is 29.1. The number of hydrogen-bond donors (Lipinski definition) is 3. The van der Waals surface area contributed by atoms with Crippen LogP contribution in [0, 0.1) is 5.92 Å². The van der Waals surface area contributed by atoms with E-state index in [1.54, 1.807) is 6.08 Å². The Morgan fingerprint density at radius 3 is 2.84 bits per heavy atom. The van der Waals surface area contributed by atoms with Gasteiger partial charge in [-0.15, -0.1) is 6.58 Å². The number of guanidine groups is 1. The number of nitrogens with one attached hydrogen (secondary N) is 1. The van der Waals surface area contributed by atoms with Crippen LogP contribution in [0.4, 0.5) is 13.2 Å². The highest BCUT2D eigenvalue weighted by molar-refractivity contribution is 5.77. The molecule has 7 heteroatoms. The Hall–Kier alpha value is -1.24. The first kappa shape index (κ1) is 15.8. The van der Waals surface area contributed by atoms with Gasteiger partial charge in [0.2, 0.25) is 0 Å². The van der Waals surface area contributed by atoms with Crippen LogP contribution in [-0.4, -0.2) is 35.9 Å². The van der Waals surface area contributed by atoms with Crippen LogP contribution >= 0.6 is 0 Å². The zero-order chi connectivity index (χ0) is 14.5. The average molecular weight is 279 g/mol. The number of aliphatic imine (C=N–C) groups is 1. The van der Waals surface area contributed by atoms with E-state index in [0.29, 0.717) is 19.4 Å². The van der Waals surface area contributed by atoms with Gasteiger partial charge < -0.3 is 16.2 Å². The Bertz CT molecular complexity index is 344. The van der Waals surface area contributed by atoms with E-state index in [9.17, 15) is 18.3 Å². The second kappa shape index (κ2) is 6.27. The van der Waals surface area contributed by atoms with E-state index < -0.39 is 17.7 Å². The van der Waals surface area contributed by atoms with Gasteiger partial charge in [0.05, 0.1) is 18.1 Å². The number of aliphatic hydroxyl groups is 1. The highest BCUT2D eigenvalue weighted by atomic mass is 19.4. The van der Waals surface area contributed by atoms with Gasteiger partial charge in [-0.3, -0.25) is 4.99 Å². The molecule has 1 saturated carbocycles. The molecule has 19 heavy (non-hydrogen) atoms. The smallest absolute Gasteiger partial charge is 0.388 e. The van der Waals surface area contributed by atoms with Crippen LogP contribution in [-0.2, 0) is 0 Å². The monoisotopic (exact) mass is 279 g/mol. The summed E-state index contributed by atoms with van der Waals surface area (Å²) in [7, 11) is 0. The van der Waals surface area contributed by atoms with E-state index >= 15 is 0 Å². The number of halogens is 3. The van der Waals surface area contributed by atoms with Crippen LogP contribution in [0.15, 0.2) is 17.6 Å². The summed E-state index contributed by atoms with van der Waals surface area (Å²) >= 11 is 0. The van der Waals surface area contributed by atoms with Crippen LogP contribution in [0.25, 0.3) is 0 Å². The lowest BCUT2D eigenvalue weighted by atomic mass is 9.78. The van der Waals surface area contributed by atoms with Crippen molar-refractivity contribution in [1.29, 1.82) is 0 Å². The van der Waals surface area contributed by atoms with Crippen molar-refractivity contribution in [2.75, 3.05) is 13.1 Å². The van der Waals surface area contributed by atoms with Crippen molar-refractivity contribution in [3.05, 3.63) is 12.7 Å². The molecule has 0 bridgehead atoms. The summed E-state index contributed by atoms with van der Waals surface area (Å²) in [6, 6.07) is 0. The predicted octanol–water partition coefficient (Wildman–Crippen LogP) is 1.56. The zero-order valence-electron chi connectivity index (χ0n) is 10.7. The Morgan fingerprint density at radius 1 is 1.58 bits per heavy atom. The highest BCUT2D eigenvalue weighted by Crippen LogP contribution is 2.41. The minimum Gasteiger partial charge on any atom is -0.388 e. The number of hydrogen-bond acceptors (Lipinski definition) is 2. The molecule has 2 atom stereocenters. The van der Waals surface area contributed by atoms with Crippen LogP contribution in [0.5, 0.6) is 0 Å². The minimum atomic E-state index is -4.26. The molecule has 4 N–H and O–H groups in total. The molecule has 1 rings (SSSR count). The third-order valence-corrected chi connectivity index (χ3v) is 3.26. The molecular weight excluding hydrogens is 259 g/mol. The van der Waals surface area contributed by atoms with E-state index in [2.05, 4.69) is 16.9 Å². The van der Waals surface area contributed by atoms with Gasteiger partial charge in [-0.1, -0.05) is 6.08 Å². The highest BCUT2D eigenvalue weighted by Gasteiger charge is 2.46. The second-order valence-electron chi connectivity index (χ2n) is 4.93. The van der Waals surface area contributed by atoms with Gasteiger partial charge in [0, 0.05) is 6.54 Å². The van der Waals surface area contributed by atoms with Crippen molar-refractivity contribution in [1.82, 2.24) is 5.32 Å². The Morgan fingerprint density at radius 2 is 2.26 bits per heavy atom. The van der Waals surface area contributed by atoms with Gasteiger partial charge in [-0.05, 0) is 25.7 Å². The van der Waals surface area contributed by atoms with Crippen molar-refractivity contribution in [2.24, 2.45) is 16.6 Å². The summed E-state index contributed by atoms with van der Waals surface area (Å²) in [5, 5.41) is 12.9. The van der Waals surface area contributed by atoms with E-state index in [0.717, 1.165) is 0 Å². The lowest BCUT2D eigenvalue weighted by molar-refractivity contribution is -0.199. The molecule has 1 fully saturated rings. The molecule has 0 radical (unpaired) electrons. The molecule has 0 amide bonds. The van der Waals surface area contributed by atoms with Gasteiger partial charge in [0.25, 0.3) is 0 Å². The summed E-state index contributed by atoms with van der Waals surface area (Å²) in [5.74, 6) is -1.36. The Balaban J connectivity index is 2.58. The topological polar surface area (TPSA) is 70.6 Å². The fourth-order valence-electron chi connectivity index (χ4n) is 2.23. The quantitative estimate of drug-likeness (QED) is 0.415. The molecule has 4 nitrogen and oxygen atoms in total. The summed E-state index contributed by atoms with van der Waals surface area (Å²) in [6.07, 6.45) is -2.26. The molecule has 2 unspecified atom stereocenters. The van der Waals surface area contributed by atoms with Gasteiger partial charge in [0.15, 0.2) is 5.96 Å². The molecule has 0 aliphatic heterocycles. The lowest BCUT2D eigenvalue weighted by Gasteiger charge is -2.36. The van der Waals surface area contributed by atoms with E-state index in [-0.39, 0.29) is 25.3 Å². The SMILES string of the molecule is C=CCNC(N)=NCC1(O)CCCC(C(F)(F)F)C1. The molecule has 0 aromatic rings. The first-order valence-electron chi connectivity index (χ1n) is 6.20. The van der Waals surface area contributed by atoms with Crippen LogP contribution in [0.3, 0.4) is 0 Å². The lowest BCUT2D eigenvalue weighted by Crippen LogP contribution is -2.43. The van der Waals surface area contributed by atoms with Gasteiger partial charge >= 0.3 is 6.18 Å². The molecule has 0 saturated heterocycles. The van der Waals surface area contributed by atoms with Crippen LogP contribution in [0.1, 0.15) is 25.7 Å². The number of nitrogens with two attached hydrogens (primary N) is 1. The molecule has 0 aromatic carbocycles. The second-order valence-corrected chi connectivity index (χ2v) is 4.93. The first-order valence-corrected chi connectivity index (χ1v) is 6.20. The fourth-order valence-corrected chi connectivity index (χ4v) is 2.23. The zero-order valence-corrected chi connectivity index (χ0v) is 10.7. The summed E-state index contributed by atoms with van der Waals surface area (Å²) < 4.78 is 38.0. The van der Waals surface area contributed by atoms with E-state index in [1.807, 2.05) is 0 Å². The van der Waals surface area contributed by atoms with E-state index in [4.69, 9.17) is 5.73 Å². The third-order valence-electron chi connectivity index (χ3n) is 3.26. The van der Waals surface area contributed by atoms with Crippen molar-refractivity contribution in [3.8, 4) is 0 Å². The molecule has 110 valence electrons. The summed E-state index contributed by atoms with van der Waals surface area (Å²) in [5.41, 5.74) is 4.10. The molecule has 0 aromatic heterocycles. The molecular formula is C12H20F3N3O. The Kier molecular flexibility index (Phi) is 5.22. The largest absolute Gasteiger partial charge is 0.391 e. The van der Waals surface area contributed by atoms with Crippen molar-refractivity contribution in [2.45, 2.75) is 37.5 Å². The molecule has 0 spiro atoms. The number of alkyl halides is 3. The Labute approximate surface area is 110 Å². The van der Waals surface area contributed by atoms with Crippen molar-refractivity contribution < 1.29 is 18.3 Å². The maximum Gasteiger partial charge on any atom is 0.391 e. The number of nitrogens with zero attached hydrogens (tertiary/aromatic N) is 1. The average Bonchev–Trinajstić information content (AvgIpc) is 2.33. The van der Waals surface area contributed by atoms with Crippen LogP contribution < -0.4 is 11.1 Å². The van der Waals surface area contributed by atoms with Crippen LogP contribution in [0.2, 0.25) is 0 Å². The van der Waals surface area contributed by atoms with E-state index in [1.165, 1.54) is 0 Å². The maximum absolute atomic E-state index is 12.7. The fraction of sp³-hybridized carbons (Fsp3) is 0.750. The van der Waals surface area contributed by atoms with Gasteiger partial charge in [-0.25, -0.2) is 0 Å². The molecule has 0 heterocycles. The predicted molar refractivity (Wildman–Crippen MR) is 67.7 cm³/mol. The molecule has 1 aliphatic rings. The summed E-state index contributed by atoms with van der Waals surface area (Å²) in [6.45, 7) is 3.79. The standard InChI is InChI=1S/C12H20F3N3O/c1-2-6-17-10(16)18-8-11(19)5-3-4-9(7-11)12(13,14)15/h2,9,19H,1,3-8H2,(H3,16,17,18). The van der Waals surface area contributed by atoms with Gasteiger partial charge in [0.1, 0.15) is 0 Å². The van der Waals surface area contributed by atoms with Crippen molar-refractivity contribution >= 4 is 5.96 Å². The first-order chi connectivity index (χ1) is 8.77. The third kappa shape index (κ3) is 5.10. The van der Waals surface area contributed by atoms with Crippen molar-refractivity contribution in [3.63, 3.8) is 0 Å². The number of rotatable bonds is 4. The summed E-state index contributed by atoms with van der Waals surface area (Å²) in [4.78, 5) is 3.89.